The number of imidazole rings is 1. The van der Waals surface area contributed by atoms with Crippen molar-refractivity contribution >= 4 is 55.4 Å². The predicted molar refractivity (Wildman–Crippen MR) is 199 cm³/mol. The topological polar surface area (TPSA) is 133 Å². The van der Waals surface area contributed by atoms with Crippen LogP contribution in [0, 0.1) is 5.82 Å². The van der Waals surface area contributed by atoms with E-state index in [4.69, 9.17) is 25.4 Å². The highest BCUT2D eigenvalue weighted by atomic mass is 32.1. The van der Waals surface area contributed by atoms with Gasteiger partial charge in [0.2, 0.25) is 0 Å². The predicted octanol–water partition coefficient (Wildman–Crippen LogP) is 6.54. The summed E-state index contributed by atoms with van der Waals surface area (Å²) in [5.74, 6) is -0.200. The molecule has 6 aromatic rings. The Morgan fingerprint density at radius 2 is 1.88 bits per heavy atom. The van der Waals surface area contributed by atoms with E-state index in [0.29, 0.717) is 54.9 Å². The molecule has 0 radical (unpaired) electrons. The van der Waals surface area contributed by atoms with Gasteiger partial charge < -0.3 is 29.8 Å². The molecule has 2 bridgehead atoms. The number of thiophene rings is 1. The number of amides is 2. The third-order valence-electron chi connectivity index (χ3n) is 10.9. The number of carbonyl (C=O) groups excluding carboxylic acids is 2. The number of pyridine rings is 2. The van der Waals surface area contributed by atoms with E-state index in [-0.39, 0.29) is 41.6 Å². The van der Waals surface area contributed by atoms with E-state index in [1.807, 2.05) is 41.1 Å². The lowest BCUT2D eigenvalue weighted by atomic mass is 10.0. The Kier molecular flexibility index (Phi) is 8.31. The fraction of sp³-hybridized carbons (Fsp3) is 0.410. The number of ether oxygens (including phenoxy) is 1. The Labute approximate surface area is 304 Å². The van der Waals surface area contributed by atoms with E-state index < -0.39 is 5.82 Å². The van der Waals surface area contributed by atoms with Crippen LogP contribution in [0.15, 0.2) is 47.8 Å². The zero-order valence-corrected chi connectivity index (χ0v) is 30.1. The first-order valence-electron chi connectivity index (χ1n) is 18.2. The SMILES string of the molecule is CO[C@@H]1CCN(C(=O)c2cc(F)c3c(c2)nc(-c2cc4ccc5nc4n2CCCCCc2nc4ccsc4cc2C(=O)N[C@@H]5C)n3C2CC2)C[C@@H]1N. The van der Waals surface area contributed by atoms with Gasteiger partial charge in [-0.25, -0.2) is 14.4 Å². The van der Waals surface area contributed by atoms with Crippen LogP contribution in [0.3, 0.4) is 0 Å². The van der Waals surface area contributed by atoms with Crippen LogP contribution in [-0.2, 0) is 17.7 Å². The van der Waals surface area contributed by atoms with Crippen LogP contribution in [0.25, 0.3) is 43.8 Å². The van der Waals surface area contributed by atoms with Gasteiger partial charge in [0.05, 0.1) is 50.5 Å². The Balaban J connectivity index is 1.10. The highest BCUT2D eigenvalue weighted by molar-refractivity contribution is 7.17. The van der Waals surface area contributed by atoms with Crippen molar-refractivity contribution in [1.82, 2.24) is 34.3 Å². The Morgan fingerprint density at radius 1 is 1.02 bits per heavy atom. The molecule has 2 fully saturated rings. The van der Waals surface area contributed by atoms with Crippen LogP contribution in [0.2, 0.25) is 0 Å². The van der Waals surface area contributed by atoms with E-state index in [1.54, 1.807) is 29.4 Å². The van der Waals surface area contributed by atoms with Crippen molar-refractivity contribution < 1.29 is 18.7 Å². The molecule has 3 N–H and O–H groups in total. The lowest BCUT2D eigenvalue weighted by Gasteiger charge is -2.35. The normalized spacial score (nSPS) is 21.5. The van der Waals surface area contributed by atoms with Gasteiger partial charge in [-0.1, -0.05) is 6.42 Å². The maximum absolute atomic E-state index is 16.2. The van der Waals surface area contributed by atoms with Gasteiger partial charge in [0.25, 0.3) is 11.8 Å². The number of nitrogens with one attached hydrogen (secondary N) is 1. The number of aryl methyl sites for hydroxylation is 2. The molecule has 9 rings (SSSR count). The number of aromatic nitrogens is 5. The third-order valence-corrected chi connectivity index (χ3v) is 11.8. The number of nitrogens with two attached hydrogens (primary N) is 1. The molecular weight excluding hydrogens is 680 g/mol. The van der Waals surface area contributed by atoms with Gasteiger partial charge in [0.1, 0.15) is 17.0 Å². The number of benzene rings is 1. The molecule has 0 unspecified atom stereocenters. The third kappa shape index (κ3) is 5.75. The fourth-order valence-electron chi connectivity index (χ4n) is 8.00. The molecule has 5 aromatic heterocycles. The number of hydrogen-bond donors (Lipinski definition) is 2. The van der Waals surface area contributed by atoms with Crippen LogP contribution in [0.4, 0.5) is 4.39 Å². The molecule has 1 aromatic carbocycles. The van der Waals surface area contributed by atoms with Crippen LogP contribution in [0.5, 0.6) is 0 Å². The molecule has 11 nitrogen and oxygen atoms in total. The van der Waals surface area contributed by atoms with E-state index >= 15 is 4.39 Å². The summed E-state index contributed by atoms with van der Waals surface area (Å²) in [6.45, 7) is 3.48. The minimum absolute atomic E-state index is 0.109. The van der Waals surface area contributed by atoms with Crippen molar-refractivity contribution in [2.45, 2.75) is 82.6 Å². The molecule has 1 aliphatic carbocycles. The number of fused-ring (bicyclic) bond motifs is 4. The Bertz CT molecular complexity index is 2380. The Morgan fingerprint density at radius 3 is 2.69 bits per heavy atom. The molecule has 52 heavy (non-hydrogen) atoms. The number of rotatable bonds is 4. The quantitative estimate of drug-likeness (QED) is 0.211. The number of hydrogen-bond acceptors (Lipinski definition) is 8. The van der Waals surface area contributed by atoms with Crippen molar-refractivity contribution in [3.8, 4) is 11.5 Å². The minimum Gasteiger partial charge on any atom is -0.380 e. The lowest BCUT2D eigenvalue weighted by molar-refractivity contribution is 0.0227. The second kappa shape index (κ2) is 13.0. The monoisotopic (exact) mass is 720 g/mol. The van der Waals surface area contributed by atoms with Crippen LogP contribution >= 0.6 is 11.3 Å². The number of likely N-dealkylation sites (tertiary alicyclic amines) is 1. The van der Waals surface area contributed by atoms with Crippen molar-refractivity contribution in [1.29, 1.82) is 0 Å². The molecule has 1 saturated heterocycles. The summed E-state index contributed by atoms with van der Waals surface area (Å²) in [5, 5.41) is 6.13. The van der Waals surface area contributed by atoms with E-state index in [1.165, 1.54) is 6.07 Å². The molecule has 13 heteroatoms. The van der Waals surface area contributed by atoms with Crippen molar-refractivity contribution in [2.24, 2.45) is 5.73 Å². The maximum atomic E-state index is 16.2. The van der Waals surface area contributed by atoms with Gasteiger partial charge in [0, 0.05) is 49.8 Å². The molecule has 0 spiro atoms. The number of methoxy groups -OCH3 is 1. The van der Waals surface area contributed by atoms with Gasteiger partial charge in [-0.3, -0.25) is 14.6 Å². The average molecular weight is 721 g/mol. The van der Waals surface area contributed by atoms with Crippen LogP contribution in [-0.4, -0.2) is 73.1 Å². The Hall–Kier alpha value is -4.72. The van der Waals surface area contributed by atoms with E-state index in [9.17, 15) is 9.59 Å². The van der Waals surface area contributed by atoms with Gasteiger partial charge in [0.15, 0.2) is 5.82 Å². The summed E-state index contributed by atoms with van der Waals surface area (Å²) in [6, 6.07) is 12.6. The smallest absolute Gasteiger partial charge is 0.254 e. The molecule has 2 amide bonds. The minimum atomic E-state index is -0.460. The van der Waals surface area contributed by atoms with Gasteiger partial charge >= 0.3 is 0 Å². The number of carbonyl (C=O) groups is 2. The summed E-state index contributed by atoms with van der Waals surface area (Å²) >= 11 is 1.59. The maximum Gasteiger partial charge on any atom is 0.254 e. The molecule has 3 aliphatic rings. The van der Waals surface area contributed by atoms with Crippen molar-refractivity contribution in [3.63, 3.8) is 0 Å². The van der Waals surface area contributed by atoms with Gasteiger partial charge in [-0.05, 0) is 93.3 Å². The fourth-order valence-corrected chi connectivity index (χ4v) is 8.76. The zero-order chi connectivity index (χ0) is 35.7. The van der Waals surface area contributed by atoms with E-state index in [0.717, 1.165) is 70.4 Å². The van der Waals surface area contributed by atoms with Crippen molar-refractivity contribution in [2.75, 3.05) is 20.2 Å². The molecule has 268 valence electrons. The summed E-state index contributed by atoms with van der Waals surface area (Å²) in [4.78, 5) is 44.1. The van der Waals surface area contributed by atoms with Gasteiger partial charge in [-0.2, -0.15) is 0 Å². The first-order valence-corrected chi connectivity index (χ1v) is 19.1. The molecule has 3 atom stereocenters. The second-order valence-electron chi connectivity index (χ2n) is 14.5. The van der Waals surface area contributed by atoms with E-state index in [2.05, 4.69) is 16.0 Å². The highest BCUT2D eigenvalue weighted by Crippen LogP contribution is 2.43. The number of nitrogens with zero attached hydrogens (tertiary/aromatic N) is 6. The van der Waals surface area contributed by atoms with Crippen LogP contribution < -0.4 is 11.1 Å². The molecule has 2 aliphatic heterocycles. The van der Waals surface area contributed by atoms with Crippen molar-refractivity contribution in [3.05, 3.63) is 76.2 Å². The highest BCUT2D eigenvalue weighted by Gasteiger charge is 2.34. The summed E-state index contributed by atoms with van der Waals surface area (Å²) < 4.78 is 26.9. The van der Waals surface area contributed by atoms with Gasteiger partial charge in [-0.15, -0.1) is 11.3 Å². The van der Waals surface area contributed by atoms with Crippen LogP contribution in [0.1, 0.15) is 89.6 Å². The summed E-state index contributed by atoms with van der Waals surface area (Å²) in [7, 11) is 1.63. The first kappa shape index (κ1) is 33.1. The largest absolute Gasteiger partial charge is 0.380 e. The summed E-state index contributed by atoms with van der Waals surface area (Å²) in [5.41, 5.74) is 12.2. The standard InChI is InChI=1S/C39H41FN8O3S/c1-21-28-10-7-22-18-32(47(36(22)44-28)13-5-3-4-6-29-25(38(49)42-21)19-34-30(43-29)12-15-52-34)37-45-31-17-23(16-26(40)35(31)48(37)24-8-9-24)39(50)46-14-11-33(51-2)27(41)20-46/h7,10,12,15-19,21,24,27,33H,3-6,8-9,11,13-14,20,41H2,1-2H3,(H,42,49)/t21-,27+,33-/m1/s1. The second-order valence-corrected chi connectivity index (χ2v) is 15.4. The molecular formula is C39H41FN8O3S. The molecule has 7 heterocycles. The first-order chi connectivity index (χ1) is 25.3. The lowest BCUT2D eigenvalue weighted by Crippen LogP contribution is -2.53. The summed E-state index contributed by atoms with van der Waals surface area (Å²) in [6.07, 6.45) is 5.75. The molecule has 1 saturated carbocycles. The average Bonchev–Trinajstić information content (AvgIpc) is 3.58. The zero-order valence-electron chi connectivity index (χ0n) is 29.3. The number of piperidine rings is 1. The number of halogens is 1.